The van der Waals surface area contributed by atoms with Crippen LogP contribution in [0.5, 0.6) is 0 Å². The van der Waals surface area contributed by atoms with Crippen LogP contribution in [-0.4, -0.2) is 59.4 Å². The number of hydrogen-bond acceptors (Lipinski definition) is 6. The third kappa shape index (κ3) is 3.06. The Morgan fingerprint density at radius 1 is 1.21 bits per heavy atom. The molecule has 0 saturated carbocycles. The Bertz CT molecular complexity index is 1320. The van der Waals surface area contributed by atoms with Crippen LogP contribution in [0, 0.1) is 0 Å². The summed E-state index contributed by atoms with van der Waals surface area (Å²) in [6.07, 6.45) is 4.60. The number of anilines is 1. The lowest BCUT2D eigenvalue weighted by Crippen LogP contribution is -2.44. The zero-order valence-corrected chi connectivity index (χ0v) is 17.0. The van der Waals surface area contributed by atoms with Crippen molar-refractivity contribution in [1.29, 1.82) is 0 Å². The molecule has 150 valence electrons. The van der Waals surface area contributed by atoms with Gasteiger partial charge in [0.15, 0.2) is 11.5 Å². The highest BCUT2D eigenvalue weighted by atomic mass is 32.2. The Morgan fingerprint density at radius 2 is 2.07 bits per heavy atom. The molecule has 29 heavy (non-hydrogen) atoms. The number of aromatic nitrogens is 4. The Labute approximate surface area is 168 Å². The van der Waals surface area contributed by atoms with E-state index in [9.17, 15) is 8.42 Å². The third-order valence-corrected chi connectivity index (χ3v) is 6.31. The van der Waals surface area contributed by atoms with Crippen molar-refractivity contribution in [2.24, 2.45) is 0 Å². The summed E-state index contributed by atoms with van der Waals surface area (Å²) in [7, 11) is -3.49. The lowest BCUT2D eigenvalue weighted by Gasteiger charge is -2.34. The number of nitrogens with one attached hydrogen (secondary N) is 1. The molecule has 0 amide bonds. The van der Waals surface area contributed by atoms with Gasteiger partial charge in [-0.25, -0.2) is 22.4 Å². The molecule has 5 rings (SSSR count). The van der Waals surface area contributed by atoms with Gasteiger partial charge in [0.05, 0.1) is 30.9 Å². The number of ether oxygens (including phenoxy) is 1. The average molecular weight is 411 g/mol. The van der Waals surface area contributed by atoms with Crippen molar-refractivity contribution >= 4 is 37.8 Å². The molecule has 1 aromatic carbocycles. The summed E-state index contributed by atoms with van der Waals surface area (Å²) in [5.74, 6) is 1.23. The van der Waals surface area contributed by atoms with Gasteiger partial charge in [-0.1, -0.05) is 0 Å². The molecule has 4 heterocycles. The largest absolute Gasteiger partial charge is 0.377 e. The minimum Gasteiger partial charge on any atom is -0.377 e. The molecule has 1 saturated heterocycles. The van der Waals surface area contributed by atoms with E-state index >= 15 is 0 Å². The van der Waals surface area contributed by atoms with Crippen LogP contribution in [0.2, 0.25) is 0 Å². The predicted molar refractivity (Wildman–Crippen MR) is 113 cm³/mol. The molecular formula is C20H21N5O3S. The lowest BCUT2D eigenvalue weighted by molar-refractivity contribution is 0.0987. The third-order valence-electron chi connectivity index (χ3n) is 5.30. The van der Waals surface area contributed by atoms with Gasteiger partial charge in [0.25, 0.3) is 0 Å². The highest BCUT2D eigenvalue weighted by Gasteiger charge is 2.25. The van der Waals surface area contributed by atoms with Crippen molar-refractivity contribution in [2.75, 3.05) is 30.9 Å². The highest BCUT2D eigenvalue weighted by molar-refractivity contribution is 7.89. The van der Waals surface area contributed by atoms with E-state index in [-0.39, 0.29) is 6.04 Å². The maximum Gasteiger partial charge on any atom is 0.237 e. The standard InChI is InChI=1S/C20H21N5O3S/c1-13-12-28-10-9-24(13)19-16-6-8-25(29(2,26)27)20(16)23-18(22-19)15-3-4-17-14(11-15)5-7-21-17/h3-8,11,13,21H,9-10,12H2,1-2H3/t13-/m1/s1. The minimum absolute atomic E-state index is 0.128. The van der Waals surface area contributed by atoms with Gasteiger partial charge in [-0.2, -0.15) is 0 Å². The smallest absolute Gasteiger partial charge is 0.237 e. The monoisotopic (exact) mass is 411 g/mol. The molecule has 0 radical (unpaired) electrons. The van der Waals surface area contributed by atoms with Gasteiger partial charge in [-0.3, -0.25) is 0 Å². The molecule has 1 fully saturated rings. The molecular weight excluding hydrogens is 390 g/mol. The topological polar surface area (TPSA) is 93.1 Å². The summed E-state index contributed by atoms with van der Waals surface area (Å²) in [4.78, 5) is 14.9. The molecule has 0 spiro atoms. The zero-order valence-electron chi connectivity index (χ0n) is 16.2. The van der Waals surface area contributed by atoms with Crippen molar-refractivity contribution in [2.45, 2.75) is 13.0 Å². The first-order valence-electron chi connectivity index (χ1n) is 9.43. The molecule has 1 aliphatic heterocycles. The van der Waals surface area contributed by atoms with E-state index < -0.39 is 10.0 Å². The van der Waals surface area contributed by atoms with E-state index in [4.69, 9.17) is 9.72 Å². The highest BCUT2D eigenvalue weighted by Crippen LogP contribution is 2.31. The number of rotatable bonds is 3. The first kappa shape index (κ1) is 18.1. The molecule has 3 aromatic heterocycles. The number of aromatic amines is 1. The predicted octanol–water partition coefficient (Wildman–Crippen LogP) is 2.61. The number of nitrogens with zero attached hydrogens (tertiary/aromatic N) is 4. The van der Waals surface area contributed by atoms with Gasteiger partial charge in [0, 0.05) is 35.4 Å². The second kappa shape index (κ2) is 6.57. The minimum atomic E-state index is -3.49. The van der Waals surface area contributed by atoms with Crippen molar-refractivity contribution in [3.05, 3.63) is 42.7 Å². The van der Waals surface area contributed by atoms with Crippen LogP contribution >= 0.6 is 0 Å². The maximum atomic E-state index is 12.3. The number of hydrogen-bond donors (Lipinski definition) is 1. The van der Waals surface area contributed by atoms with E-state index in [1.807, 2.05) is 30.5 Å². The summed E-state index contributed by atoms with van der Waals surface area (Å²) >= 11 is 0. The maximum absolute atomic E-state index is 12.3. The van der Waals surface area contributed by atoms with Crippen molar-refractivity contribution in [3.8, 4) is 11.4 Å². The SMILES string of the molecule is C[C@@H]1COCCN1c1nc(-c2ccc3[nH]ccc3c2)nc2c1ccn2S(C)(=O)=O. The van der Waals surface area contributed by atoms with Gasteiger partial charge in [-0.15, -0.1) is 0 Å². The lowest BCUT2D eigenvalue weighted by atomic mass is 10.1. The van der Waals surface area contributed by atoms with Gasteiger partial charge in [0.1, 0.15) is 5.82 Å². The number of morpholine rings is 1. The molecule has 1 atom stereocenters. The van der Waals surface area contributed by atoms with E-state index in [0.717, 1.165) is 27.7 Å². The molecule has 0 bridgehead atoms. The van der Waals surface area contributed by atoms with Crippen LogP contribution in [0.25, 0.3) is 33.3 Å². The van der Waals surface area contributed by atoms with Crippen LogP contribution in [0.1, 0.15) is 6.92 Å². The van der Waals surface area contributed by atoms with E-state index in [1.165, 1.54) is 10.2 Å². The molecule has 0 unspecified atom stereocenters. The van der Waals surface area contributed by atoms with Crippen LogP contribution in [0.4, 0.5) is 5.82 Å². The summed E-state index contributed by atoms with van der Waals surface area (Å²) < 4.78 is 31.4. The summed E-state index contributed by atoms with van der Waals surface area (Å²) in [6.45, 7) is 3.97. The van der Waals surface area contributed by atoms with Crippen molar-refractivity contribution in [3.63, 3.8) is 0 Å². The molecule has 1 aliphatic rings. The summed E-state index contributed by atoms with van der Waals surface area (Å²) in [5, 5.41) is 1.77. The quantitative estimate of drug-likeness (QED) is 0.557. The number of fused-ring (bicyclic) bond motifs is 2. The summed E-state index contributed by atoms with van der Waals surface area (Å²) in [6, 6.07) is 9.82. The molecule has 9 heteroatoms. The van der Waals surface area contributed by atoms with Crippen LogP contribution in [0.15, 0.2) is 42.7 Å². The fourth-order valence-electron chi connectivity index (χ4n) is 3.83. The van der Waals surface area contributed by atoms with Gasteiger partial charge in [0.2, 0.25) is 10.0 Å². The van der Waals surface area contributed by atoms with Crippen LogP contribution in [-0.2, 0) is 14.8 Å². The fourth-order valence-corrected chi connectivity index (χ4v) is 4.56. The Kier molecular flexibility index (Phi) is 4.11. The van der Waals surface area contributed by atoms with E-state index in [1.54, 1.807) is 12.3 Å². The van der Waals surface area contributed by atoms with Gasteiger partial charge in [-0.05, 0) is 37.3 Å². The fraction of sp³-hybridized carbons (Fsp3) is 0.300. The van der Waals surface area contributed by atoms with Gasteiger partial charge < -0.3 is 14.6 Å². The second-order valence-corrected chi connectivity index (χ2v) is 9.24. The molecule has 8 nitrogen and oxygen atoms in total. The molecule has 1 N–H and O–H groups in total. The normalized spacial score (nSPS) is 18.0. The Balaban J connectivity index is 1.77. The average Bonchev–Trinajstić information content (AvgIpc) is 3.33. The Hall–Kier alpha value is -2.91. The Morgan fingerprint density at radius 3 is 2.86 bits per heavy atom. The van der Waals surface area contributed by atoms with Crippen molar-refractivity contribution in [1.82, 2.24) is 18.9 Å². The molecule has 0 aliphatic carbocycles. The van der Waals surface area contributed by atoms with Crippen LogP contribution < -0.4 is 4.90 Å². The van der Waals surface area contributed by atoms with Crippen LogP contribution in [0.3, 0.4) is 0 Å². The summed E-state index contributed by atoms with van der Waals surface area (Å²) in [5.41, 5.74) is 2.25. The number of H-pyrrole nitrogens is 1. The van der Waals surface area contributed by atoms with E-state index in [2.05, 4.69) is 21.8 Å². The van der Waals surface area contributed by atoms with Crippen molar-refractivity contribution < 1.29 is 13.2 Å². The number of benzene rings is 1. The first-order valence-corrected chi connectivity index (χ1v) is 11.3. The second-order valence-electron chi connectivity index (χ2n) is 7.38. The van der Waals surface area contributed by atoms with E-state index in [0.29, 0.717) is 31.2 Å². The first-order chi connectivity index (χ1) is 13.9. The zero-order chi connectivity index (χ0) is 20.2. The molecule has 4 aromatic rings. The van der Waals surface area contributed by atoms with Gasteiger partial charge >= 0.3 is 0 Å².